The number of aromatic nitrogens is 2. The molecule has 0 unspecified atom stereocenters. The quantitative estimate of drug-likeness (QED) is 0.547. The maximum absolute atomic E-state index is 12.8. The number of alkyl halides is 3. The molecule has 0 saturated heterocycles. The molecule has 0 aromatic carbocycles. The molecule has 0 radical (unpaired) electrons. The van der Waals surface area contributed by atoms with Gasteiger partial charge in [-0.05, 0) is 0 Å². The number of nitrogens with zero attached hydrogens (tertiary/aromatic N) is 2. The van der Waals surface area contributed by atoms with Crippen LogP contribution in [0.3, 0.4) is 0 Å². The molecular formula is C6H4F4N2O2S. The largest absolute Gasteiger partial charge is 0.451 e. The summed E-state index contributed by atoms with van der Waals surface area (Å²) in [7, 11) is -3.96. The van der Waals surface area contributed by atoms with Crippen LogP contribution in [-0.4, -0.2) is 24.6 Å². The smallest absolute Gasteiger partial charge is 0.231 e. The molecule has 0 saturated carbocycles. The zero-order chi connectivity index (χ0) is 11.9. The average molecular weight is 244 g/mol. The highest BCUT2D eigenvalue weighted by Crippen LogP contribution is 2.26. The van der Waals surface area contributed by atoms with Crippen LogP contribution in [0.15, 0.2) is 11.1 Å². The molecule has 1 aromatic rings. The molecule has 0 N–H and O–H groups in total. The molecule has 0 atom stereocenters. The van der Waals surface area contributed by atoms with E-state index in [1.807, 2.05) is 0 Å². The Hall–Kier alpha value is -1.25. The van der Waals surface area contributed by atoms with E-state index >= 15 is 0 Å². The van der Waals surface area contributed by atoms with Gasteiger partial charge in [-0.15, -0.1) is 0 Å². The van der Waals surface area contributed by atoms with E-state index < -0.39 is 32.7 Å². The van der Waals surface area contributed by atoms with Crippen LogP contribution in [0.25, 0.3) is 0 Å². The van der Waals surface area contributed by atoms with E-state index in [9.17, 15) is 26.0 Å². The molecule has 0 aliphatic carbocycles. The van der Waals surface area contributed by atoms with Gasteiger partial charge in [0.05, 0.1) is 6.20 Å². The van der Waals surface area contributed by atoms with Gasteiger partial charge in [-0.3, -0.25) is 0 Å². The van der Waals surface area contributed by atoms with Crippen molar-refractivity contribution < 1.29 is 26.0 Å². The zero-order valence-corrected chi connectivity index (χ0v) is 8.02. The Morgan fingerprint density at radius 1 is 1.33 bits per heavy atom. The summed E-state index contributed by atoms with van der Waals surface area (Å²) in [6.45, 7) is 0. The lowest BCUT2D eigenvalue weighted by atomic mass is 10.5. The molecule has 9 heteroatoms. The summed E-state index contributed by atoms with van der Waals surface area (Å²) >= 11 is 0. The second-order valence-electron chi connectivity index (χ2n) is 2.62. The van der Waals surface area contributed by atoms with Crippen molar-refractivity contribution in [1.82, 2.24) is 9.97 Å². The highest BCUT2D eigenvalue weighted by Gasteiger charge is 2.36. The first-order chi connectivity index (χ1) is 6.62. The van der Waals surface area contributed by atoms with Gasteiger partial charge in [-0.1, -0.05) is 0 Å². The SMILES string of the molecule is CS(=O)(=O)c1cnc(C(F)(F)F)nc1F. The summed E-state index contributed by atoms with van der Waals surface area (Å²) < 4.78 is 70.3. The Bertz CT molecular complexity index is 482. The van der Waals surface area contributed by atoms with E-state index in [-0.39, 0.29) is 0 Å². The predicted molar refractivity (Wildman–Crippen MR) is 40.1 cm³/mol. The lowest BCUT2D eigenvalue weighted by Gasteiger charge is -2.05. The molecule has 0 fully saturated rings. The molecule has 1 heterocycles. The van der Waals surface area contributed by atoms with E-state index in [4.69, 9.17) is 0 Å². The summed E-state index contributed by atoms with van der Waals surface area (Å²) in [6.07, 6.45) is -3.97. The number of rotatable bonds is 1. The molecule has 0 amide bonds. The monoisotopic (exact) mass is 244 g/mol. The van der Waals surface area contributed by atoms with Gasteiger partial charge in [0.25, 0.3) is 0 Å². The van der Waals surface area contributed by atoms with Crippen LogP contribution < -0.4 is 0 Å². The van der Waals surface area contributed by atoms with Gasteiger partial charge in [0.2, 0.25) is 11.8 Å². The number of hydrogen-bond donors (Lipinski definition) is 0. The van der Waals surface area contributed by atoms with Crippen molar-refractivity contribution in [2.75, 3.05) is 6.26 Å². The summed E-state index contributed by atoms with van der Waals surface area (Å²) in [5.74, 6) is -3.42. The van der Waals surface area contributed by atoms with Crippen LogP contribution in [0.4, 0.5) is 17.6 Å². The number of halogens is 4. The fraction of sp³-hybridized carbons (Fsp3) is 0.333. The second kappa shape index (κ2) is 3.40. The Morgan fingerprint density at radius 3 is 2.20 bits per heavy atom. The number of hydrogen-bond acceptors (Lipinski definition) is 4. The maximum Gasteiger partial charge on any atom is 0.451 e. The van der Waals surface area contributed by atoms with Gasteiger partial charge in [0, 0.05) is 6.26 Å². The Morgan fingerprint density at radius 2 is 1.87 bits per heavy atom. The summed E-state index contributed by atoms with van der Waals surface area (Å²) in [5, 5.41) is 0. The lowest BCUT2D eigenvalue weighted by Crippen LogP contribution is -2.14. The van der Waals surface area contributed by atoms with Gasteiger partial charge in [0.15, 0.2) is 9.84 Å². The van der Waals surface area contributed by atoms with Crippen molar-refractivity contribution in [3.63, 3.8) is 0 Å². The van der Waals surface area contributed by atoms with Gasteiger partial charge in [-0.25, -0.2) is 13.4 Å². The number of sulfone groups is 1. The molecule has 0 spiro atoms. The predicted octanol–water partition coefficient (Wildman–Crippen LogP) is 1.04. The molecule has 1 rings (SSSR count). The van der Waals surface area contributed by atoms with Crippen molar-refractivity contribution in [2.24, 2.45) is 0 Å². The van der Waals surface area contributed by atoms with Crippen molar-refractivity contribution in [2.45, 2.75) is 11.1 Å². The third kappa shape index (κ3) is 2.61. The van der Waals surface area contributed by atoms with E-state index in [1.54, 1.807) is 0 Å². The minimum Gasteiger partial charge on any atom is -0.231 e. The highest BCUT2D eigenvalue weighted by molar-refractivity contribution is 7.90. The topological polar surface area (TPSA) is 59.9 Å². The fourth-order valence-corrected chi connectivity index (χ4v) is 1.33. The first-order valence-corrected chi connectivity index (χ1v) is 5.31. The summed E-state index contributed by atoms with van der Waals surface area (Å²) in [6, 6.07) is 0. The van der Waals surface area contributed by atoms with E-state index in [2.05, 4.69) is 9.97 Å². The van der Waals surface area contributed by atoms with Gasteiger partial charge >= 0.3 is 6.18 Å². The third-order valence-electron chi connectivity index (χ3n) is 1.36. The van der Waals surface area contributed by atoms with Crippen LogP contribution in [0.1, 0.15) is 5.82 Å². The molecule has 15 heavy (non-hydrogen) atoms. The van der Waals surface area contributed by atoms with Crippen LogP contribution in [-0.2, 0) is 16.0 Å². The van der Waals surface area contributed by atoms with Gasteiger partial charge in [0.1, 0.15) is 4.90 Å². The first-order valence-electron chi connectivity index (χ1n) is 3.42. The first kappa shape index (κ1) is 11.8. The molecular weight excluding hydrogens is 240 g/mol. The Balaban J connectivity index is 3.34. The maximum atomic E-state index is 12.8. The van der Waals surface area contributed by atoms with Gasteiger partial charge < -0.3 is 0 Å². The molecule has 4 nitrogen and oxygen atoms in total. The average Bonchev–Trinajstić information content (AvgIpc) is 1.99. The highest BCUT2D eigenvalue weighted by atomic mass is 32.2. The van der Waals surface area contributed by atoms with Crippen molar-refractivity contribution >= 4 is 9.84 Å². The molecule has 84 valence electrons. The van der Waals surface area contributed by atoms with Crippen molar-refractivity contribution in [3.05, 3.63) is 18.0 Å². The summed E-state index contributed by atoms with van der Waals surface area (Å²) in [5.41, 5.74) is 0. The molecule has 0 aliphatic heterocycles. The van der Waals surface area contributed by atoms with Crippen LogP contribution in [0.5, 0.6) is 0 Å². The van der Waals surface area contributed by atoms with Crippen LogP contribution in [0.2, 0.25) is 0 Å². The Kier molecular flexibility index (Phi) is 2.68. The lowest BCUT2D eigenvalue weighted by molar-refractivity contribution is -0.145. The minimum absolute atomic E-state index is 0.292. The van der Waals surface area contributed by atoms with E-state index in [0.717, 1.165) is 0 Å². The zero-order valence-electron chi connectivity index (χ0n) is 7.21. The van der Waals surface area contributed by atoms with Crippen molar-refractivity contribution in [3.8, 4) is 0 Å². The van der Waals surface area contributed by atoms with Gasteiger partial charge in [-0.2, -0.15) is 22.5 Å². The van der Waals surface area contributed by atoms with Crippen LogP contribution in [0, 0.1) is 5.95 Å². The summed E-state index contributed by atoms with van der Waals surface area (Å²) in [4.78, 5) is 4.19. The van der Waals surface area contributed by atoms with E-state index in [1.165, 1.54) is 0 Å². The van der Waals surface area contributed by atoms with E-state index in [0.29, 0.717) is 12.5 Å². The van der Waals surface area contributed by atoms with Crippen LogP contribution >= 0.6 is 0 Å². The minimum atomic E-state index is -4.91. The Labute approximate surface area is 81.9 Å². The fourth-order valence-electron chi connectivity index (χ4n) is 0.735. The second-order valence-corrected chi connectivity index (χ2v) is 4.60. The molecule has 1 aromatic heterocycles. The normalized spacial score (nSPS) is 12.9. The standard InChI is InChI=1S/C6H4F4N2O2S/c1-15(13,14)3-2-11-5(6(8,9)10)12-4(3)7/h2H,1H3. The molecule has 0 bridgehead atoms. The third-order valence-corrected chi connectivity index (χ3v) is 2.44. The van der Waals surface area contributed by atoms with Crippen molar-refractivity contribution in [1.29, 1.82) is 0 Å². The molecule has 0 aliphatic rings.